The molecule has 0 aliphatic rings. The van der Waals surface area contributed by atoms with E-state index in [1.807, 2.05) is 0 Å². The summed E-state index contributed by atoms with van der Waals surface area (Å²) in [5.74, 6) is 0. The molecule has 1 N–H and O–H groups in total. The Bertz CT molecular complexity index is 908. The van der Waals surface area contributed by atoms with E-state index >= 15 is 0 Å². The second kappa shape index (κ2) is 8.75. The van der Waals surface area contributed by atoms with Gasteiger partial charge in [-0.3, -0.25) is 10.3 Å². The number of hydrogen-bond acceptors (Lipinski definition) is 4. The van der Waals surface area contributed by atoms with Gasteiger partial charge in [-0.25, -0.2) is 9.67 Å². The van der Waals surface area contributed by atoms with Crippen LogP contribution >= 0.6 is 46.4 Å². The Labute approximate surface area is 170 Å². The van der Waals surface area contributed by atoms with Gasteiger partial charge in [0.1, 0.15) is 19.3 Å². The summed E-state index contributed by atoms with van der Waals surface area (Å²) in [6, 6.07) is 10.4. The van der Waals surface area contributed by atoms with E-state index in [2.05, 4.69) is 15.6 Å². The first kappa shape index (κ1) is 19.0. The second-order valence-corrected chi connectivity index (χ2v) is 6.79. The summed E-state index contributed by atoms with van der Waals surface area (Å²) in [7, 11) is 0. The molecule has 9 heteroatoms. The van der Waals surface area contributed by atoms with Crippen LogP contribution in [-0.4, -0.2) is 14.8 Å². The SMILES string of the molecule is Clc1ccc(C(=Cn2cncn2)NOCc2c(Cl)cccc2Cl)c(Cl)c1. The van der Waals surface area contributed by atoms with Crippen molar-refractivity contribution in [2.75, 3.05) is 0 Å². The lowest BCUT2D eigenvalue weighted by atomic mass is 10.2. The molecule has 1 aromatic heterocycles. The number of hydrogen-bond donors (Lipinski definition) is 1. The maximum Gasteiger partial charge on any atom is 0.138 e. The van der Waals surface area contributed by atoms with Gasteiger partial charge in [0.2, 0.25) is 0 Å². The summed E-state index contributed by atoms with van der Waals surface area (Å²) in [6.07, 6.45) is 4.63. The first-order valence-electron chi connectivity index (χ1n) is 7.36. The predicted molar refractivity (Wildman–Crippen MR) is 105 cm³/mol. The molecular formula is C17H12Cl4N4O. The number of aromatic nitrogens is 3. The van der Waals surface area contributed by atoms with E-state index in [0.717, 1.165) is 0 Å². The number of rotatable bonds is 6. The molecule has 2 aromatic carbocycles. The van der Waals surface area contributed by atoms with Gasteiger partial charge in [-0.15, -0.1) is 0 Å². The normalized spacial score (nSPS) is 11.6. The van der Waals surface area contributed by atoms with Crippen molar-refractivity contribution in [3.8, 4) is 0 Å². The Hall–Kier alpha value is -1.76. The fourth-order valence-corrected chi connectivity index (χ4v) is 3.15. The largest absolute Gasteiger partial charge is 0.271 e. The van der Waals surface area contributed by atoms with Crippen LogP contribution in [0.4, 0.5) is 0 Å². The van der Waals surface area contributed by atoms with Gasteiger partial charge in [-0.2, -0.15) is 5.10 Å². The number of benzene rings is 2. The first-order chi connectivity index (χ1) is 12.5. The molecule has 3 aromatic rings. The molecule has 1 heterocycles. The standard InChI is InChI=1S/C17H12Cl4N4O/c18-11-4-5-12(16(21)6-11)17(7-25-10-22-9-23-25)24-26-8-13-14(19)2-1-3-15(13)20/h1-7,9-10,24H,8H2. The molecule has 0 bridgehead atoms. The maximum absolute atomic E-state index is 6.30. The molecule has 3 rings (SSSR count). The van der Waals surface area contributed by atoms with Gasteiger partial charge in [-0.1, -0.05) is 52.5 Å². The fraction of sp³-hybridized carbons (Fsp3) is 0.0588. The van der Waals surface area contributed by atoms with Crippen molar-refractivity contribution in [1.29, 1.82) is 0 Å². The van der Waals surface area contributed by atoms with Crippen LogP contribution < -0.4 is 5.48 Å². The van der Waals surface area contributed by atoms with Crippen LogP contribution in [0.25, 0.3) is 11.9 Å². The van der Waals surface area contributed by atoms with Gasteiger partial charge in [0.05, 0.1) is 16.9 Å². The molecule has 134 valence electrons. The summed E-state index contributed by atoms with van der Waals surface area (Å²) in [4.78, 5) is 9.50. The monoisotopic (exact) mass is 428 g/mol. The minimum Gasteiger partial charge on any atom is -0.271 e. The summed E-state index contributed by atoms with van der Waals surface area (Å²) >= 11 is 24.6. The fourth-order valence-electron chi connectivity index (χ4n) is 2.13. The average molecular weight is 430 g/mol. The molecule has 5 nitrogen and oxygen atoms in total. The highest BCUT2D eigenvalue weighted by Crippen LogP contribution is 2.27. The van der Waals surface area contributed by atoms with Gasteiger partial charge in [0.15, 0.2) is 0 Å². The van der Waals surface area contributed by atoms with Crippen LogP contribution in [0.15, 0.2) is 49.1 Å². The molecule has 0 spiro atoms. The van der Waals surface area contributed by atoms with E-state index < -0.39 is 0 Å². The summed E-state index contributed by atoms with van der Waals surface area (Å²) in [5.41, 5.74) is 4.77. The average Bonchev–Trinajstić information content (AvgIpc) is 3.10. The molecule has 0 fully saturated rings. The van der Waals surface area contributed by atoms with E-state index in [-0.39, 0.29) is 6.61 Å². The molecule has 0 atom stereocenters. The topological polar surface area (TPSA) is 52.0 Å². The number of halogens is 4. The Morgan fingerprint density at radius 1 is 1.08 bits per heavy atom. The lowest BCUT2D eigenvalue weighted by Crippen LogP contribution is -2.14. The summed E-state index contributed by atoms with van der Waals surface area (Å²) < 4.78 is 1.51. The maximum atomic E-state index is 6.30. The van der Waals surface area contributed by atoms with Crippen LogP contribution in [0.1, 0.15) is 11.1 Å². The minimum atomic E-state index is 0.151. The summed E-state index contributed by atoms with van der Waals surface area (Å²) in [6.45, 7) is 0.151. The Kier molecular flexibility index (Phi) is 6.40. The molecule has 26 heavy (non-hydrogen) atoms. The molecular weight excluding hydrogens is 418 g/mol. The predicted octanol–water partition coefficient (Wildman–Crippen LogP) is 5.57. The molecule has 0 aliphatic carbocycles. The third-order valence-electron chi connectivity index (χ3n) is 3.38. The Morgan fingerprint density at radius 2 is 1.85 bits per heavy atom. The lowest BCUT2D eigenvalue weighted by Gasteiger charge is -2.14. The highest BCUT2D eigenvalue weighted by atomic mass is 35.5. The van der Waals surface area contributed by atoms with Crippen molar-refractivity contribution in [3.63, 3.8) is 0 Å². The molecule has 0 aliphatic heterocycles. The van der Waals surface area contributed by atoms with E-state index in [9.17, 15) is 0 Å². The van der Waals surface area contributed by atoms with Crippen LogP contribution in [0.5, 0.6) is 0 Å². The quantitative estimate of drug-likeness (QED) is 0.520. The van der Waals surface area contributed by atoms with E-state index in [4.69, 9.17) is 51.2 Å². The van der Waals surface area contributed by atoms with Crippen molar-refractivity contribution >= 4 is 58.3 Å². The smallest absolute Gasteiger partial charge is 0.138 e. The van der Waals surface area contributed by atoms with Crippen molar-refractivity contribution < 1.29 is 4.84 Å². The zero-order chi connectivity index (χ0) is 18.5. The molecule has 0 unspecified atom stereocenters. The van der Waals surface area contributed by atoms with E-state index in [1.165, 1.54) is 17.3 Å². The van der Waals surface area contributed by atoms with Crippen LogP contribution in [0, 0.1) is 0 Å². The second-order valence-electron chi connectivity index (χ2n) is 5.13. The van der Waals surface area contributed by atoms with Crippen molar-refractivity contribution in [3.05, 3.63) is 80.3 Å². The molecule has 0 amide bonds. The van der Waals surface area contributed by atoms with Gasteiger partial charge in [-0.05, 0) is 30.3 Å². The third-order valence-corrected chi connectivity index (χ3v) is 4.64. The Balaban J connectivity index is 1.83. The van der Waals surface area contributed by atoms with E-state index in [1.54, 1.807) is 42.6 Å². The third kappa shape index (κ3) is 4.69. The van der Waals surface area contributed by atoms with Crippen LogP contribution in [0.3, 0.4) is 0 Å². The van der Waals surface area contributed by atoms with Gasteiger partial charge in [0.25, 0.3) is 0 Å². The van der Waals surface area contributed by atoms with Gasteiger partial charge >= 0.3 is 0 Å². The number of nitrogens with one attached hydrogen (secondary N) is 1. The van der Waals surface area contributed by atoms with Crippen LogP contribution in [0.2, 0.25) is 20.1 Å². The lowest BCUT2D eigenvalue weighted by molar-refractivity contribution is 0.0650. The summed E-state index contributed by atoms with van der Waals surface area (Å²) in [5, 5.41) is 6.07. The number of nitrogens with zero attached hydrogens (tertiary/aromatic N) is 3. The zero-order valence-corrected chi connectivity index (χ0v) is 16.2. The molecule has 0 saturated carbocycles. The van der Waals surface area contributed by atoms with Gasteiger partial charge < -0.3 is 0 Å². The van der Waals surface area contributed by atoms with Gasteiger partial charge in [0, 0.05) is 26.2 Å². The van der Waals surface area contributed by atoms with Crippen LogP contribution in [-0.2, 0) is 11.4 Å². The number of hydroxylamine groups is 1. The highest BCUT2D eigenvalue weighted by molar-refractivity contribution is 6.36. The van der Waals surface area contributed by atoms with Crippen molar-refractivity contribution in [2.45, 2.75) is 6.61 Å². The zero-order valence-electron chi connectivity index (χ0n) is 13.2. The minimum absolute atomic E-state index is 0.151. The van der Waals surface area contributed by atoms with Crippen molar-refractivity contribution in [2.24, 2.45) is 0 Å². The Morgan fingerprint density at radius 3 is 2.50 bits per heavy atom. The molecule has 0 radical (unpaired) electrons. The highest BCUT2D eigenvalue weighted by Gasteiger charge is 2.10. The first-order valence-corrected chi connectivity index (χ1v) is 8.88. The van der Waals surface area contributed by atoms with E-state index in [0.29, 0.717) is 36.9 Å². The van der Waals surface area contributed by atoms with Crippen molar-refractivity contribution in [1.82, 2.24) is 20.2 Å². The molecule has 0 saturated heterocycles.